The lowest BCUT2D eigenvalue weighted by atomic mass is 10.1. The maximum Gasteiger partial charge on any atom is 0.167 e. The third-order valence-electron chi connectivity index (χ3n) is 3.68. The number of nitrogens with zero attached hydrogens (tertiary/aromatic N) is 4. The van der Waals surface area contributed by atoms with Crippen LogP contribution in [0.2, 0.25) is 0 Å². The number of hydrogen-bond acceptors (Lipinski definition) is 9. The Balaban J connectivity index is 2.17. The summed E-state index contributed by atoms with van der Waals surface area (Å²) in [6.45, 7) is 1.03. The Morgan fingerprint density at radius 3 is 2.68 bits per heavy atom. The van der Waals surface area contributed by atoms with Crippen molar-refractivity contribution in [1.82, 2.24) is 19.5 Å². The number of aromatic nitrogens is 4. The van der Waals surface area contributed by atoms with Gasteiger partial charge in [-0.25, -0.2) is 15.0 Å². The SMILES string of the molecule is CC(O)c1nc2c(N)ncnc2n1C1OC(CO)[C@H](O)C1O. The highest BCUT2D eigenvalue weighted by molar-refractivity contribution is 5.82. The molecule has 1 fully saturated rings. The van der Waals surface area contributed by atoms with E-state index >= 15 is 0 Å². The van der Waals surface area contributed by atoms with Gasteiger partial charge in [-0.3, -0.25) is 4.57 Å². The van der Waals surface area contributed by atoms with Gasteiger partial charge in [-0.15, -0.1) is 0 Å². The number of nitrogen functional groups attached to an aromatic ring is 1. The van der Waals surface area contributed by atoms with Gasteiger partial charge >= 0.3 is 0 Å². The van der Waals surface area contributed by atoms with Crippen molar-refractivity contribution < 1.29 is 25.2 Å². The van der Waals surface area contributed by atoms with Gasteiger partial charge < -0.3 is 30.9 Å². The molecule has 1 saturated heterocycles. The van der Waals surface area contributed by atoms with E-state index in [0.717, 1.165) is 0 Å². The molecule has 4 unspecified atom stereocenters. The standard InChI is InChI=1S/C12H17N5O5/c1-4(19)10-16-6-9(13)14-3-15-11(6)17(10)12-8(21)7(20)5(2-18)22-12/h3-5,7-8,12,18-21H,2H2,1H3,(H2,13,14,15)/t4?,5?,7-,8?,12?/m0/s1. The van der Waals surface area contributed by atoms with Gasteiger partial charge in [-0.05, 0) is 6.92 Å². The van der Waals surface area contributed by atoms with Crippen LogP contribution in [0.15, 0.2) is 6.33 Å². The van der Waals surface area contributed by atoms with Crippen LogP contribution in [0.25, 0.3) is 11.2 Å². The van der Waals surface area contributed by atoms with E-state index in [0.29, 0.717) is 0 Å². The summed E-state index contributed by atoms with van der Waals surface area (Å²) in [6.07, 6.45) is -4.36. The van der Waals surface area contributed by atoms with E-state index in [9.17, 15) is 20.4 Å². The lowest BCUT2D eigenvalue weighted by molar-refractivity contribution is -0.0543. The highest BCUT2D eigenvalue weighted by atomic mass is 16.6. The van der Waals surface area contributed by atoms with Gasteiger partial charge in [-0.1, -0.05) is 0 Å². The van der Waals surface area contributed by atoms with Crippen molar-refractivity contribution in [2.24, 2.45) is 0 Å². The van der Waals surface area contributed by atoms with Crippen molar-refractivity contribution in [3.05, 3.63) is 12.2 Å². The fourth-order valence-electron chi connectivity index (χ4n) is 2.58. The zero-order valence-corrected chi connectivity index (χ0v) is 11.7. The van der Waals surface area contributed by atoms with Gasteiger partial charge in [0, 0.05) is 0 Å². The molecule has 10 heteroatoms. The number of fused-ring (bicyclic) bond motifs is 1. The Morgan fingerprint density at radius 1 is 1.36 bits per heavy atom. The fraction of sp³-hybridized carbons (Fsp3) is 0.583. The molecule has 0 radical (unpaired) electrons. The number of nitrogens with two attached hydrogens (primary N) is 1. The second kappa shape index (κ2) is 5.41. The normalized spacial score (nSPS) is 30.0. The van der Waals surface area contributed by atoms with E-state index in [2.05, 4.69) is 15.0 Å². The van der Waals surface area contributed by atoms with Crippen LogP contribution in [-0.2, 0) is 4.74 Å². The summed E-state index contributed by atoms with van der Waals surface area (Å²) in [7, 11) is 0. The van der Waals surface area contributed by atoms with Crippen LogP contribution in [0.5, 0.6) is 0 Å². The molecule has 22 heavy (non-hydrogen) atoms. The van der Waals surface area contributed by atoms with Crippen LogP contribution in [0.1, 0.15) is 25.1 Å². The second-order valence-electron chi connectivity index (χ2n) is 5.18. The van der Waals surface area contributed by atoms with E-state index in [1.165, 1.54) is 17.8 Å². The van der Waals surface area contributed by atoms with E-state index in [1.807, 2.05) is 0 Å². The average Bonchev–Trinajstić information content (AvgIpc) is 3.00. The Morgan fingerprint density at radius 2 is 2.09 bits per heavy atom. The summed E-state index contributed by atoms with van der Waals surface area (Å²) < 4.78 is 6.84. The highest BCUT2D eigenvalue weighted by Crippen LogP contribution is 2.34. The number of hydrogen-bond donors (Lipinski definition) is 5. The first-order chi connectivity index (χ1) is 10.5. The van der Waals surface area contributed by atoms with Gasteiger partial charge in [0.1, 0.15) is 36.6 Å². The van der Waals surface area contributed by atoms with Crippen molar-refractivity contribution in [3.8, 4) is 0 Å². The van der Waals surface area contributed by atoms with Crippen LogP contribution in [0, 0.1) is 0 Å². The maximum atomic E-state index is 10.2. The van der Waals surface area contributed by atoms with Crippen molar-refractivity contribution in [2.45, 2.75) is 37.6 Å². The fourth-order valence-corrected chi connectivity index (χ4v) is 2.58. The van der Waals surface area contributed by atoms with Crippen molar-refractivity contribution in [1.29, 1.82) is 0 Å². The number of aliphatic hydroxyl groups excluding tert-OH is 4. The Bertz CT molecular complexity index is 690. The lowest BCUT2D eigenvalue weighted by Crippen LogP contribution is -2.33. The van der Waals surface area contributed by atoms with E-state index in [4.69, 9.17) is 10.5 Å². The molecule has 6 N–H and O–H groups in total. The molecule has 10 nitrogen and oxygen atoms in total. The molecule has 0 bridgehead atoms. The number of aliphatic hydroxyl groups is 4. The molecule has 3 heterocycles. The van der Waals surface area contributed by atoms with Crippen LogP contribution >= 0.6 is 0 Å². The first-order valence-electron chi connectivity index (χ1n) is 6.74. The van der Waals surface area contributed by atoms with E-state index in [-0.39, 0.29) is 22.8 Å². The van der Waals surface area contributed by atoms with Gasteiger partial charge in [0.25, 0.3) is 0 Å². The van der Waals surface area contributed by atoms with Crippen LogP contribution in [-0.4, -0.2) is 64.9 Å². The van der Waals surface area contributed by atoms with Gasteiger partial charge in [0.2, 0.25) is 0 Å². The Labute approximate surface area is 124 Å². The molecule has 0 saturated carbocycles. The number of ether oxygens (including phenoxy) is 1. The Hall–Kier alpha value is -1.85. The predicted molar refractivity (Wildman–Crippen MR) is 73.4 cm³/mol. The summed E-state index contributed by atoms with van der Waals surface area (Å²) in [4.78, 5) is 12.1. The minimum Gasteiger partial charge on any atom is -0.394 e. The number of imidazole rings is 1. The van der Waals surface area contributed by atoms with Crippen molar-refractivity contribution in [2.75, 3.05) is 12.3 Å². The van der Waals surface area contributed by atoms with Crippen LogP contribution in [0.4, 0.5) is 5.82 Å². The molecule has 0 aliphatic carbocycles. The van der Waals surface area contributed by atoms with Gasteiger partial charge in [-0.2, -0.15) is 0 Å². The minimum atomic E-state index is -1.32. The topological polar surface area (TPSA) is 160 Å². The summed E-state index contributed by atoms with van der Waals surface area (Å²) in [5, 5.41) is 39.2. The molecule has 0 aromatic carbocycles. The largest absolute Gasteiger partial charge is 0.394 e. The highest BCUT2D eigenvalue weighted by Gasteiger charge is 2.45. The zero-order valence-electron chi connectivity index (χ0n) is 11.7. The van der Waals surface area contributed by atoms with Crippen LogP contribution in [0.3, 0.4) is 0 Å². The molecule has 0 spiro atoms. The molecular formula is C12H17N5O5. The summed E-state index contributed by atoms with van der Waals surface area (Å²) in [5.41, 5.74) is 6.27. The van der Waals surface area contributed by atoms with Crippen LogP contribution < -0.4 is 5.73 Å². The maximum absolute atomic E-state index is 10.2. The van der Waals surface area contributed by atoms with Crippen molar-refractivity contribution in [3.63, 3.8) is 0 Å². The van der Waals surface area contributed by atoms with E-state index in [1.54, 1.807) is 0 Å². The molecule has 1 aliphatic rings. The van der Waals surface area contributed by atoms with Crippen molar-refractivity contribution >= 4 is 17.0 Å². The molecule has 2 aromatic rings. The summed E-state index contributed by atoms with van der Waals surface area (Å²) in [5.74, 6) is 0.287. The number of anilines is 1. The molecule has 2 aromatic heterocycles. The minimum absolute atomic E-state index is 0.123. The average molecular weight is 311 g/mol. The third kappa shape index (κ3) is 2.12. The van der Waals surface area contributed by atoms with Gasteiger partial charge in [0.05, 0.1) is 6.61 Å². The quantitative estimate of drug-likeness (QED) is 0.435. The monoisotopic (exact) mass is 311 g/mol. The predicted octanol–water partition coefficient (Wildman–Crippen LogP) is -1.93. The van der Waals surface area contributed by atoms with E-state index < -0.39 is 37.3 Å². The smallest absolute Gasteiger partial charge is 0.167 e. The zero-order chi connectivity index (χ0) is 16.0. The number of rotatable bonds is 3. The molecule has 0 amide bonds. The second-order valence-corrected chi connectivity index (χ2v) is 5.18. The molecule has 1 aliphatic heterocycles. The first-order valence-corrected chi connectivity index (χ1v) is 6.74. The molecule has 120 valence electrons. The first kappa shape index (κ1) is 15.1. The molecule has 5 atom stereocenters. The summed E-state index contributed by atoms with van der Waals surface area (Å²) >= 11 is 0. The summed E-state index contributed by atoms with van der Waals surface area (Å²) in [6, 6.07) is 0. The Kier molecular flexibility index (Phi) is 3.70. The lowest BCUT2D eigenvalue weighted by Gasteiger charge is -2.20. The molecule has 3 rings (SSSR count). The molecular weight excluding hydrogens is 294 g/mol. The van der Waals surface area contributed by atoms with Gasteiger partial charge in [0.15, 0.2) is 23.2 Å². The third-order valence-corrected chi connectivity index (χ3v) is 3.68.